The van der Waals surface area contributed by atoms with Gasteiger partial charge in [-0.15, -0.1) is 4.28 Å². The lowest BCUT2D eigenvalue weighted by molar-refractivity contribution is -0.133. The fourth-order valence-electron chi connectivity index (χ4n) is 2.09. The number of hydrogen-bond acceptors (Lipinski definition) is 6. The van der Waals surface area contributed by atoms with E-state index in [-0.39, 0.29) is 0 Å². The maximum absolute atomic E-state index is 11.6. The predicted octanol–water partition coefficient (Wildman–Crippen LogP) is -1.77. The number of carbonyl (C=O) groups excluding carboxylic acids is 1. The van der Waals surface area contributed by atoms with E-state index in [0.717, 1.165) is 13.0 Å². The molecule has 1 amide bonds. The molecule has 92 valence electrons. The number of rotatable bonds is 3. The molecule has 2 heterocycles. The van der Waals surface area contributed by atoms with Crippen LogP contribution in [0.25, 0.3) is 0 Å². The van der Waals surface area contributed by atoms with E-state index in [9.17, 15) is 13.2 Å². The van der Waals surface area contributed by atoms with E-state index in [1.54, 1.807) is 5.48 Å². The van der Waals surface area contributed by atoms with Crippen molar-refractivity contribution in [3.63, 3.8) is 0 Å². The minimum atomic E-state index is -4.64. The van der Waals surface area contributed by atoms with Gasteiger partial charge in [-0.3, -0.25) is 14.2 Å². The van der Waals surface area contributed by atoms with E-state index in [0.29, 0.717) is 19.1 Å². The van der Waals surface area contributed by atoms with Crippen molar-refractivity contribution in [3.05, 3.63) is 0 Å². The lowest BCUT2D eigenvalue weighted by Gasteiger charge is -2.29. The molecule has 9 heteroatoms. The number of fused-ring (bicyclic) bond motifs is 2. The Morgan fingerprint density at radius 1 is 1.50 bits per heavy atom. The molecule has 2 aliphatic heterocycles. The van der Waals surface area contributed by atoms with E-state index in [4.69, 9.17) is 4.55 Å². The minimum absolute atomic E-state index is 0.409. The highest BCUT2D eigenvalue weighted by molar-refractivity contribution is 7.80. The van der Waals surface area contributed by atoms with Crippen LogP contribution in [0.1, 0.15) is 12.8 Å². The average molecular weight is 251 g/mol. The van der Waals surface area contributed by atoms with E-state index in [1.165, 1.54) is 0 Å². The number of piperidine rings is 1. The van der Waals surface area contributed by atoms with Crippen LogP contribution in [0.5, 0.6) is 0 Å². The normalized spacial score (nSPS) is 33.7. The molecule has 0 aromatic carbocycles. The first-order valence-corrected chi connectivity index (χ1v) is 6.25. The molecule has 0 saturated carbocycles. The van der Waals surface area contributed by atoms with Crippen molar-refractivity contribution >= 4 is 16.3 Å². The summed E-state index contributed by atoms with van der Waals surface area (Å²) in [4.78, 5) is 13.5. The molecule has 2 bridgehead atoms. The molecule has 2 aliphatic rings. The summed E-state index contributed by atoms with van der Waals surface area (Å²) in [5.74, 6) is -0.556. The van der Waals surface area contributed by atoms with Crippen LogP contribution in [0.4, 0.5) is 0 Å². The van der Waals surface area contributed by atoms with Gasteiger partial charge >= 0.3 is 10.4 Å². The predicted molar refractivity (Wildman–Crippen MR) is 52.3 cm³/mol. The van der Waals surface area contributed by atoms with Crippen LogP contribution < -0.4 is 10.8 Å². The number of hydrogen-bond donors (Lipinski definition) is 3. The molecule has 2 rings (SSSR count). The third-order valence-electron chi connectivity index (χ3n) is 2.82. The third-order valence-corrected chi connectivity index (χ3v) is 3.11. The largest absolute Gasteiger partial charge is 0.418 e. The van der Waals surface area contributed by atoms with E-state index >= 15 is 0 Å². The third kappa shape index (κ3) is 2.68. The van der Waals surface area contributed by atoms with Gasteiger partial charge in [-0.05, 0) is 12.8 Å². The zero-order chi connectivity index (χ0) is 11.8. The highest BCUT2D eigenvalue weighted by Crippen LogP contribution is 2.21. The second kappa shape index (κ2) is 4.26. The Bertz CT molecular complexity index is 383. The molecule has 2 saturated heterocycles. The summed E-state index contributed by atoms with van der Waals surface area (Å²) in [6.45, 7) is 1.37. The van der Waals surface area contributed by atoms with Crippen LogP contribution in [0.2, 0.25) is 0 Å². The van der Waals surface area contributed by atoms with Gasteiger partial charge in [-0.25, -0.2) is 5.48 Å². The van der Waals surface area contributed by atoms with Crippen LogP contribution >= 0.6 is 0 Å². The van der Waals surface area contributed by atoms with Gasteiger partial charge in [0.25, 0.3) is 5.91 Å². The Labute approximate surface area is 92.8 Å². The monoisotopic (exact) mass is 251 g/mol. The fraction of sp³-hybridized carbons (Fsp3) is 0.857. The summed E-state index contributed by atoms with van der Waals surface area (Å²) < 4.78 is 32.7. The Kier molecular flexibility index (Phi) is 3.13. The Hall–Kier alpha value is -0.740. The Morgan fingerprint density at radius 3 is 2.94 bits per heavy atom. The zero-order valence-corrected chi connectivity index (χ0v) is 9.24. The maximum Gasteiger partial charge on any atom is 0.418 e. The smallest absolute Gasteiger partial charge is 0.300 e. The second-order valence-corrected chi connectivity index (χ2v) is 4.92. The van der Waals surface area contributed by atoms with Gasteiger partial charge in [-0.2, -0.15) is 8.42 Å². The highest BCUT2D eigenvalue weighted by Gasteiger charge is 2.37. The standard InChI is InChI=1S/C7H13N3O5S/c11-7(9-15-16(12,13)14)6-2-1-5-3-10(6)4-8-5/h5-6,8H,1-4H2,(H,9,11)(H,12,13,14). The summed E-state index contributed by atoms with van der Waals surface area (Å²) in [5, 5.41) is 3.21. The summed E-state index contributed by atoms with van der Waals surface area (Å²) >= 11 is 0. The topological polar surface area (TPSA) is 108 Å². The lowest BCUT2D eigenvalue weighted by Crippen LogP contribution is -2.48. The molecule has 0 aromatic heterocycles. The van der Waals surface area contributed by atoms with Crippen LogP contribution in [0.3, 0.4) is 0 Å². The second-order valence-electron chi connectivity index (χ2n) is 3.90. The zero-order valence-electron chi connectivity index (χ0n) is 8.42. The van der Waals surface area contributed by atoms with Crippen LogP contribution in [-0.4, -0.2) is 49.1 Å². The van der Waals surface area contributed by atoms with Crippen LogP contribution in [0, 0.1) is 0 Å². The van der Waals surface area contributed by atoms with Gasteiger partial charge in [0.2, 0.25) is 0 Å². The summed E-state index contributed by atoms with van der Waals surface area (Å²) in [6.07, 6.45) is 1.50. The Morgan fingerprint density at radius 2 is 2.25 bits per heavy atom. The van der Waals surface area contributed by atoms with Crippen molar-refractivity contribution in [2.75, 3.05) is 13.2 Å². The van der Waals surface area contributed by atoms with Crippen molar-refractivity contribution in [2.24, 2.45) is 0 Å². The number of nitrogens with one attached hydrogen (secondary N) is 2. The molecule has 3 unspecified atom stereocenters. The molecule has 0 spiro atoms. The van der Waals surface area contributed by atoms with E-state index < -0.39 is 22.3 Å². The molecule has 3 atom stereocenters. The minimum Gasteiger partial charge on any atom is -0.300 e. The first kappa shape index (κ1) is 11.7. The van der Waals surface area contributed by atoms with Crippen LogP contribution in [0.15, 0.2) is 0 Å². The quantitative estimate of drug-likeness (QED) is 0.402. The number of hydroxylamine groups is 1. The van der Waals surface area contributed by atoms with Crippen molar-refractivity contribution < 1.29 is 22.0 Å². The summed E-state index contributed by atoms with van der Waals surface area (Å²) in [7, 11) is -4.64. The van der Waals surface area contributed by atoms with Gasteiger partial charge < -0.3 is 5.32 Å². The van der Waals surface area contributed by atoms with Gasteiger partial charge in [-0.1, -0.05) is 0 Å². The number of carbonyl (C=O) groups is 1. The number of amides is 1. The van der Waals surface area contributed by atoms with Gasteiger partial charge in [0, 0.05) is 19.3 Å². The van der Waals surface area contributed by atoms with Crippen LogP contribution in [-0.2, 0) is 19.5 Å². The van der Waals surface area contributed by atoms with E-state index in [2.05, 4.69) is 9.60 Å². The molecule has 0 radical (unpaired) electrons. The molecule has 16 heavy (non-hydrogen) atoms. The van der Waals surface area contributed by atoms with E-state index in [1.807, 2.05) is 4.90 Å². The molecular weight excluding hydrogens is 238 g/mol. The summed E-state index contributed by atoms with van der Waals surface area (Å²) in [6, 6.07) is -0.000423. The number of nitrogens with zero attached hydrogens (tertiary/aromatic N) is 1. The SMILES string of the molecule is O=C(NOS(=O)(=O)O)C1CCC2CN1CN2. The fourth-order valence-corrected chi connectivity index (χ4v) is 2.28. The first-order chi connectivity index (χ1) is 7.46. The lowest BCUT2D eigenvalue weighted by atomic mass is 10.0. The molecule has 3 N–H and O–H groups in total. The molecule has 0 aromatic rings. The van der Waals surface area contributed by atoms with Gasteiger partial charge in [0.1, 0.15) is 0 Å². The molecule has 0 aliphatic carbocycles. The maximum atomic E-state index is 11.6. The van der Waals surface area contributed by atoms with Crippen molar-refractivity contribution in [2.45, 2.75) is 24.9 Å². The highest BCUT2D eigenvalue weighted by atomic mass is 32.3. The van der Waals surface area contributed by atoms with Crippen molar-refractivity contribution in [3.8, 4) is 0 Å². The van der Waals surface area contributed by atoms with Crippen molar-refractivity contribution in [1.82, 2.24) is 15.7 Å². The van der Waals surface area contributed by atoms with Gasteiger partial charge in [0.05, 0.1) is 6.04 Å². The molecular formula is C7H13N3O5S. The average Bonchev–Trinajstić information content (AvgIpc) is 2.56. The molecule has 2 fully saturated rings. The summed E-state index contributed by atoms with van der Waals surface area (Å²) in [5.41, 5.74) is 1.73. The Balaban J connectivity index is 1.90. The first-order valence-electron chi connectivity index (χ1n) is 4.89. The van der Waals surface area contributed by atoms with Crippen molar-refractivity contribution in [1.29, 1.82) is 0 Å². The molecule has 8 nitrogen and oxygen atoms in total. The van der Waals surface area contributed by atoms with Gasteiger partial charge in [0.15, 0.2) is 0 Å².